The number of nitrogens with one attached hydrogen (secondary N) is 2. The topological polar surface area (TPSA) is 68.4 Å². The number of H-pyrrole nitrogens is 1. The second kappa shape index (κ2) is 9.76. The first-order valence-corrected chi connectivity index (χ1v) is 11.5. The van der Waals surface area contributed by atoms with E-state index in [2.05, 4.69) is 22.1 Å². The van der Waals surface area contributed by atoms with Gasteiger partial charge in [-0.05, 0) is 74.1 Å². The molecule has 168 valence electrons. The molecular weight excluding hydrogens is 424 g/mol. The van der Waals surface area contributed by atoms with Gasteiger partial charge in [-0.2, -0.15) is 0 Å². The molecule has 1 atom stereocenters. The predicted octanol–water partition coefficient (Wildman–Crippen LogP) is 5.01. The SMILES string of the molecule is CCN1CCC[C@@H]1CN(Cc1cc2ccc(C)cc2[nH]c1=O)C(=O)Nc1cccc(Cl)c1. The van der Waals surface area contributed by atoms with Crippen molar-refractivity contribution in [2.75, 3.05) is 25.0 Å². The Morgan fingerprint density at radius 1 is 1.25 bits per heavy atom. The Labute approximate surface area is 193 Å². The minimum atomic E-state index is -0.237. The number of urea groups is 1. The molecule has 0 aliphatic carbocycles. The van der Waals surface area contributed by atoms with Gasteiger partial charge >= 0.3 is 6.03 Å². The third-order valence-electron chi connectivity index (χ3n) is 6.14. The van der Waals surface area contributed by atoms with Gasteiger partial charge in [0, 0.05) is 34.4 Å². The zero-order valence-electron chi connectivity index (χ0n) is 18.5. The van der Waals surface area contributed by atoms with Crippen LogP contribution in [0.2, 0.25) is 5.02 Å². The average Bonchev–Trinajstić information content (AvgIpc) is 3.21. The summed E-state index contributed by atoms with van der Waals surface area (Å²) in [4.78, 5) is 33.2. The molecule has 2 aromatic carbocycles. The molecule has 1 fully saturated rings. The number of carbonyl (C=O) groups is 1. The zero-order chi connectivity index (χ0) is 22.7. The van der Waals surface area contributed by atoms with Gasteiger partial charge in [-0.25, -0.2) is 4.79 Å². The molecule has 0 unspecified atom stereocenters. The number of aromatic amines is 1. The van der Waals surface area contributed by atoms with E-state index in [4.69, 9.17) is 11.6 Å². The fraction of sp³-hybridized carbons (Fsp3) is 0.360. The normalized spacial score (nSPS) is 16.4. The Morgan fingerprint density at radius 2 is 2.09 bits per heavy atom. The zero-order valence-corrected chi connectivity index (χ0v) is 19.3. The second-order valence-corrected chi connectivity index (χ2v) is 8.90. The lowest BCUT2D eigenvalue weighted by Gasteiger charge is -2.30. The van der Waals surface area contributed by atoms with Crippen LogP contribution >= 0.6 is 11.6 Å². The molecule has 6 nitrogen and oxygen atoms in total. The Bertz CT molecular complexity index is 1180. The first-order chi connectivity index (χ1) is 15.4. The number of hydrogen-bond acceptors (Lipinski definition) is 3. The number of halogens is 1. The molecule has 1 aliphatic rings. The van der Waals surface area contributed by atoms with Crippen LogP contribution < -0.4 is 10.9 Å². The maximum Gasteiger partial charge on any atom is 0.322 e. The number of hydrogen-bond donors (Lipinski definition) is 2. The number of aromatic nitrogens is 1. The molecule has 1 aliphatic heterocycles. The van der Waals surface area contributed by atoms with Gasteiger partial charge in [-0.15, -0.1) is 0 Å². The number of amides is 2. The molecule has 0 radical (unpaired) electrons. The fourth-order valence-corrected chi connectivity index (χ4v) is 4.63. The number of benzene rings is 2. The highest BCUT2D eigenvalue weighted by atomic mass is 35.5. The molecule has 32 heavy (non-hydrogen) atoms. The molecule has 2 N–H and O–H groups in total. The van der Waals surface area contributed by atoms with Crippen molar-refractivity contribution >= 4 is 34.2 Å². The first kappa shape index (κ1) is 22.4. The van der Waals surface area contributed by atoms with Crippen LogP contribution in [0.4, 0.5) is 10.5 Å². The van der Waals surface area contributed by atoms with Crippen molar-refractivity contribution in [1.29, 1.82) is 0 Å². The molecule has 4 rings (SSSR count). The van der Waals surface area contributed by atoms with Gasteiger partial charge in [0.25, 0.3) is 5.56 Å². The van der Waals surface area contributed by atoms with E-state index in [9.17, 15) is 9.59 Å². The summed E-state index contributed by atoms with van der Waals surface area (Å²) in [7, 11) is 0. The lowest BCUT2D eigenvalue weighted by atomic mass is 10.1. The summed E-state index contributed by atoms with van der Waals surface area (Å²) < 4.78 is 0. The van der Waals surface area contributed by atoms with Crippen molar-refractivity contribution in [2.24, 2.45) is 0 Å². The van der Waals surface area contributed by atoms with Gasteiger partial charge in [0.2, 0.25) is 0 Å². The molecule has 2 heterocycles. The van der Waals surface area contributed by atoms with Gasteiger partial charge in [0.05, 0.1) is 6.54 Å². The summed E-state index contributed by atoms with van der Waals surface area (Å²) in [6.45, 7) is 6.93. The molecule has 0 bridgehead atoms. The molecule has 0 saturated carbocycles. The Hall–Kier alpha value is -2.83. The van der Waals surface area contributed by atoms with Crippen molar-refractivity contribution in [3.63, 3.8) is 0 Å². The van der Waals surface area contributed by atoms with Crippen LogP contribution in [-0.4, -0.2) is 46.5 Å². The van der Waals surface area contributed by atoms with Crippen molar-refractivity contribution in [3.8, 4) is 0 Å². The standard InChI is InChI=1S/C25H29ClN4O2/c1-3-29-11-5-8-22(29)16-30(25(32)27-21-7-4-6-20(26)14-21)15-19-13-18-10-9-17(2)12-23(18)28-24(19)31/h4,6-7,9-10,12-14,22H,3,5,8,11,15-16H2,1-2H3,(H,27,32)(H,28,31)/t22-/m1/s1. The van der Waals surface area contributed by atoms with Gasteiger partial charge in [0.15, 0.2) is 0 Å². The second-order valence-electron chi connectivity index (χ2n) is 8.46. The number of pyridine rings is 1. The maximum absolute atomic E-state index is 13.3. The fourth-order valence-electron chi connectivity index (χ4n) is 4.44. The number of fused-ring (bicyclic) bond motifs is 1. The number of anilines is 1. The minimum Gasteiger partial charge on any atom is -0.322 e. The third kappa shape index (κ3) is 5.14. The van der Waals surface area contributed by atoms with Crippen LogP contribution in [0.25, 0.3) is 10.9 Å². The Balaban J connectivity index is 1.61. The molecule has 7 heteroatoms. The van der Waals surface area contributed by atoms with Gasteiger partial charge in [0.1, 0.15) is 0 Å². The van der Waals surface area contributed by atoms with E-state index in [0.717, 1.165) is 42.4 Å². The molecule has 1 aromatic heterocycles. The van der Waals surface area contributed by atoms with E-state index >= 15 is 0 Å². The lowest BCUT2D eigenvalue weighted by molar-refractivity contribution is 0.174. The molecule has 3 aromatic rings. The van der Waals surface area contributed by atoms with E-state index in [1.165, 1.54) is 0 Å². The van der Waals surface area contributed by atoms with Crippen molar-refractivity contribution in [1.82, 2.24) is 14.8 Å². The summed E-state index contributed by atoms with van der Waals surface area (Å²) in [5.74, 6) is 0. The number of likely N-dealkylation sites (tertiary alicyclic amines) is 1. The minimum absolute atomic E-state index is 0.164. The number of nitrogens with zero attached hydrogens (tertiary/aromatic N) is 2. The highest BCUT2D eigenvalue weighted by Crippen LogP contribution is 2.21. The lowest BCUT2D eigenvalue weighted by Crippen LogP contribution is -2.45. The van der Waals surface area contributed by atoms with Crippen LogP contribution in [0.15, 0.2) is 53.3 Å². The Morgan fingerprint density at radius 3 is 2.88 bits per heavy atom. The van der Waals surface area contributed by atoms with E-state index < -0.39 is 0 Å². The maximum atomic E-state index is 13.3. The monoisotopic (exact) mass is 452 g/mol. The van der Waals surface area contributed by atoms with Crippen LogP contribution in [-0.2, 0) is 6.54 Å². The van der Waals surface area contributed by atoms with E-state index in [-0.39, 0.29) is 24.2 Å². The summed E-state index contributed by atoms with van der Waals surface area (Å²) in [5.41, 5.74) is 2.94. The highest BCUT2D eigenvalue weighted by molar-refractivity contribution is 6.30. The van der Waals surface area contributed by atoms with Crippen LogP contribution in [0.1, 0.15) is 30.9 Å². The summed E-state index contributed by atoms with van der Waals surface area (Å²) in [6.07, 6.45) is 2.17. The van der Waals surface area contributed by atoms with Crippen molar-refractivity contribution in [3.05, 3.63) is 75.0 Å². The number of carbonyl (C=O) groups excluding carboxylic acids is 1. The van der Waals surface area contributed by atoms with Gasteiger partial charge < -0.3 is 15.2 Å². The smallest absolute Gasteiger partial charge is 0.322 e. The van der Waals surface area contributed by atoms with E-state index in [0.29, 0.717) is 22.8 Å². The molecule has 0 spiro atoms. The average molecular weight is 453 g/mol. The van der Waals surface area contributed by atoms with E-state index in [1.54, 1.807) is 29.2 Å². The quantitative estimate of drug-likeness (QED) is 0.552. The summed E-state index contributed by atoms with van der Waals surface area (Å²) in [5, 5.41) is 4.46. The summed E-state index contributed by atoms with van der Waals surface area (Å²) in [6, 6.07) is 15.0. The molecular formula is C25H29ClN4O2. The number of rotatable bonds is 6. The number of aryl methyl sites for hydroxylation is 1. The van der Waals surface area contributed by atoms with Crippen LogP contribution in [0, 0.1) is 6.92 Å². The largest absolute Gasteiger partial charge is 0.322 e. The van der Waals surface area contributed by atoms with Gasteiger partial charge in [-0.3, -0.25) is 9.69 Å². The van der Waals surface area contributed by atoms with Crippen LogP contribution in [0.3, 0.4) is 0 Å². The van der Waals surface area contributed by atoms with E-state index in [1.807, 2.05) is 31.2 Å². The van der Waals surface area contributed by atoms with Crippen LogP contribution in [0.5, 0.6) is 0 Å². The third-order valence-corrected chi connectivity index (χ3v) is 6.37. The molecule has 2 amide bonds. The van der Waals surface area contributed by atoms with Crippen molar-refractivity contribution < 1.29 is 4.79 Å². The molecule has 1 saturated heterocycles. The van der Waals surface area contributed by atoms with Crippen molar-refractivity contribution in [2.45, 2.75) is 39.3 Å². The highest BCUT2D eigenvalue weighted by Gasteiger charge is 2.28. The Kier molecular flexibility index (Phi) is 6.82. The first-order valence-electron chi connectivity index (χ1n) is 11.1. The summed E-state index contributed by atoms with van der Waals surface area (Å²) >= 11 is 6.08. The number of likely N-dealkylation sites (N-methyl/N-ethyl adjacent to an activating group) is 1. The predicted molar refractivity (Wildman–Crippen MR) is 130 cm³/mol. The van der Waals surface area contributed by atoms with Gasteiger partial charge in [-0.1, -0.05) is 36.7 Å².